The van der Waals surface area contributed by atoms with Gasteiger partial charge in [0.25, 0.3) is 10.0 Å². The van der Waals surface area contributed by atoms with Crippen molar-refractivity contribution >= 4 is 49.1 Å². The molecule has 1 heterocycles. The van der Waals surface area contributed by atoms with Gasteiger partial charge < -0.3 is 5.73 Å². The Morgan fingerprint density at radius 2 is 2.00 bits per heavy atom. The maximum atomic E-state index is 12.1. The number of rotatable bonds is 3. The minimum atomic E-state index is -3.74. The average Bonchev–Trinajstić information content (AvgIpc) is 2.32. The van der Waals surface area contributed by atoms with Crippen LogP contribution in [-0.4, -0.2) is 13.4 Å². The topological polar surface area (TPSA) is 85.1 Å². The summed E-state index contributed by atoms with van der Waals surface area (Å²) >= 11 is 8.90. The number of hydrogen-bond acceptors (Lipinski definition) is 4. The lowest BCUT2D eigenvalue weighted by molar-refractivity contribution is 0.601. The average molecular weight is 363 g/mol. The van der Waals surface area contributed by atoms with Gasteiger partial charge in [-0.15, -0.1) is 0 Å². The van der Waals surface area contributed by atoms with E-state index in [1.807, 2.05) is 0 Å². The first kappa shape index (κ1) is 14.1. The highest BCUT2D eigenvalue weighted by Crippen LogP contribution is 2.24. The lowest BCUT2D eigenvalue weighted by atomic mass is 10.3. The Hall–Kier alpha value is -1.31. The van der Waals surface area contributed by atoms with E-state index in [2.05, 4.69) is 25.6 Å². The highest BCUT2D eigenvalue weighted by molar-refractivity contribution is 9.10. The predicted molar refractivity (Wildman–Crippen MR) is 78.6 cm³/mol. The van der Waals surface area contributed by atoms with Gasteiger partial charge in [0.1, 0.15) is 11.0 Å². The first-order chi connectivity index (χ1) is 8.88. The van der Waals surface area contributed by atoms with Crippen LogP contribution in [0.2, 0.25) is 5.15 Å². The van der Waals surface area contributed by atoms with Crippen LogP contribution in [0.15, 0.2) is 45.8 Å². The Morgan fingerprint density at radius 1 is 1.26 bits per heavy atom. The van der Waals surface area contributed by atoms with Crippen LogP contribution in [0.25, 0.3) is 0 Å². The van der Waals surface area contributed by atoms with Gasteiger partial charge in [0.15, 0.2) is 0 Å². The number of hydrogen-bond donors (Lipinski definition) is 2. The fraction of sp³-hybridized carbons (Fsp3) is 0. The molecule has 0 aliphatic rings. The van der Waals surface area contributed by atoms with Crippen molar-refractivity contribution in [2.75, 3.05) is 10.5 Å². The van der Waals surface area contributed by atoms with Crippen molar-refractivity contribution in [1.82, 2.24) is 4.98 Å². The van der Waals surface area contributed by atoms with E-state index < -0.39 is 10.0 Å². The van der Waals surface area contributed by atoms with Crippen molar-refractivity contribution in [1.29, 1.82) is 0 Å². The van der Waals surface area contributed by atoms with Crippen molar-refractivity contribution in [2.24, 2.45) is 0 Å². The third kappa shape index (κ3) is 3.37. The Labute approximate surface area is 124 Å². The van der Waals surface area contributed by atoms with Crippen molar-refractivity contribution in [3.05, 3.63) is 46.0 Å². The van der Waals surface area contributed by atoms with Crippen molar-refractivity contribution in [3.63, 3.8) is 0 Å². The molecule has 1 aromatic heterocycles. The molecule has 5 nitrogen and oxygen atoms in total. The van der Waals surface area contributed by atoms with Crippen LogP contribution in [0.3, 0.4) is 0 Å². The molecule has 8 heteroatoms. The molecule has 0 amide bonds. The lowest BCUT2D eigenvalue weighted by Crippen LogP contribution is -2.14. The summed E-state index contributed by atoms with van der Waals surface area (Å²) in [4.78, 5) is 3.91. The molecule has 19 heavy (non-hydrogen) atoms. The van der Waals surface area contributed by atoms with Gasteiger partial charge in [-0.3, -0.25) is 4.72 Å². The van der Waals surface area contributed by atoms with Crippen LogP contribution in [0.5, 0.6) is 0 Å². The fourth-order valence-electron chi connectivity index (χ4n) is 1.35. The molecule has 0 atom stereocenters. The number of benzene rings is 1. The molecular weight excluding hydrogens is 354 g/mol. The summed E-state index contributed by atoms with van der Waals surface area (Å²) in [5.41, 5.74) is 5.99. The Kier molecular flexibility index (Phi) is 3.98. The standard InChI is InChI=1S/C11H9BrClN3O2S/c12-8-5-4-7(6-9(8)14)19(17,18)16-11-3-1-2-10(13)15-11/h1-6H,14H2,(H,15,16). The number of anilines is 2. The smallest absolute Gasteiger partial charge is 0.263 e. The third-order valence-corrected chi connectivity index (χ3v) is 4.52. The van der Waals surface area contributed by atoms with E-state index in [4.69, 9.17) is 17.3 Å². The number of nitrogen functional groups attached to an aromatic ring is 1. The molecule has 1 aromatic carbocycles. The summed E-state index contributed by atoms with van der Waals surface area (Å²) in [7, 11) is -3.74. The van der Waals surface area contributed by atoms with Crippen LogP contribution >= 0.6 is 27.5 Å². The molecule has 0 aliphatic heterocycles. The number of nitrogens with one attached hydrogen (secondary N) is 1. The first-order valence-electron chi connectivity index (χ1n) is 5.09. The van der Waals surface area contributed by atoms with Crippen LogP contribution in [0.1, 0.15) is 0 Å². The lowest BCUT2D eigenvalue weighted by Gasteiger charge is -2.08. The summed E-state index contributed by atoms with van der Waals surface area (Å²) < 4.78 is 27.2. The summed E-state index contributed by atoms with van der Waals surface area (Å²) in [5.74, 6) is 0.147. The highest BCUT2D eigenvalue weighted by Gasteiger charge is 2.16. The molecular formula is C11H9BrClN3O2S. The van der Waals surface area contributed by atoms with Crippen molar-refractivity contribution < 1.29 is 8.42 Å². The first-order valence-corrected chi connectivity index (χ1v) is 7.74. The van der Waals surface area contributed by atoms with E-state index in [1.165, 1.54) is 18.2 Å². The van der Waals surface area contributed by atoms with Gasteiger partial charge in [-0.2, -0.15) is 0 Å². The minimum Gasteiger partial charge on any atom is -0.398 e. The number of sulfonamides is 1. The van der Waals surface area contributed by atoms with Crippen LogP contribution in [-0.2, 0) is 10.0 Å². The second kappa shape index (κ2) is 5.36. The van der Waals surface area contributed by atoms with E-state index in [0.717, 1.165) is 0 Å². The Bertz CT molecular complexity index is 722. The Balaban J connectivity index is 2.35. The van der Waals surface area contributed by atoms with Crippen LogP contribution < -0.4 is 10.5 Å². The van der Waals surface area contributed by atoms with E-state index in [1.54, 1.807) is 18.2 Å². The number of aromatic nitrogens is 1. The van der Waals surface area contributed by atoms with Gasteiger partial charge in [-0.1, -0.05) is 17.7 Å². The summed E-state index contributed by atoms with van der Waals surface area (Å²) in [5, 5.41) is 0.204. The molecule has 0 saturated heterocycles. The summed E-state index contributed by atoms with van der Waals surface area (Å²) in [6.07, 6.45) is 0. The number of nitrogens with zero attached hydrogens (tertiary/aromatic N) is 1. The zero-order valence-corrected chi connectivity index (χ0v) is 12.6. The van der Waals surface area contributed by atoms with Gasteiger partial charge >= 0.3 is 0 Å². The largest absolute Gasteiger partial charge is 0.398 e. The third-order valence-electron chi connectivity index (χ3n) is 2.23. The maximum absolute atomic E-state index is 12.1. The molecule has 0 unspecified atom stereocenters. The maximum Gasteiger partial charge on any atom is 0.263 e. The molecule has 2 rings (SSSR count). The summed E-state index contributed by atoms with van der Waals surface area (Å²) in [6.45, 7) is 0. The molecule has 0 bridgehead atoms. The summed E-state index contributed by atoms with van der Waals surface area (Å²) in [6, 6.07) is 9.02. The molecule has 3 N–H and O–H groups in total. The number of halogens is 2. The van der Waals surface area contributed by atoms with E-state index >= 15 is 0 Å². The predicted octanol–water partition coefficient (Wildman–Crippen LogP) is 2.88. The SMILES string of the molecule is Nc1cc(S(=O)(=O)Nc2cccc(Cl)n2)ccc1Br. The molecule has 0 saturated carbocycles. The van der Waals surface area contributed by atoms with Gasteiger partial charge in [-0.05, 0) is 46.3 Å². The van der Waals surface area contributed by atoms with E-state index in [0.29, 0.717) is 10.2 Å². The van der Waals surface area contributed by atoms with Gasteiger partial charge in [-0.25, -0.2) is 13.4 Å². The molecule has 0 aliphatic carbocycles. The van der Waals surface area contributed by atoms with Gasteiger partial charge in [0.05, 0.1) is 4.90 Å². The van der Waals surface area contributed by atoms with Gasteiger partial charge in [0.2, 0.25) is 0 Å². The fourth-order valence-corrected chi connectivity index (χ4v) is 2.80. The van der Waals surface area contributed by atoms with E-state index in [9.17, 15) is 8.42 Å². The zero-order valence-electron chi connectivity index (χ0n) is 9.47. The molecule has 100 valence electrons. The van der Waals surface area contributed by atoms with Gasteiger partial charge in [0, 0.05) is 10.2 Å². The molecule has 2 aromatic rings. The quantitative estimate of drug-likeness (QED) is 0.649. The van der Waals surface area contributed by atoms with E-state index in [-0.39, 0.29) is 15.9 Å². The monoisotopic (exact) mass is 361 g/mol. The zero-order chi connectivity index (χ0) is 14.0. The normalized spacial score (nSPS) is 11.3. The molecule has 0 spiro atoms. The van der Waals surface area contributed by atoms with Crippen molar-refractivity contribution in [2.45, 2.75) is 4.90 Å². The molecule has 0 fully saturated rings. The number of pyridine rings is 1. The van der Waals surface area contributed by atoms with Crippen LogP contribution in [0, 0.1) is 0 Å². The van der Waals surface area contributed by atoms with Crippen molar-refractivity contribution in [3.8, 4) is 0 Å². The number of nitrogens with two attached hydrogens (primary N) is 1. The molecule has 0 radical (unpaired) electrons. The van der Waals surface area contributed by atoms with Crippen LogP contribution in [0.4, 0.5) is 11.5 Å². The second-order valence-electron chi connectivity index (χ2n) is 3.63. The second-order valence-corrected chi connectivity index (χ2v) is 6.56. The minimum absolute atomic E-state index is 0.0509. The Morgan fingerprint density at radius 3 is 2.63 bits per heavy atom. The highest BCUT2D eigenvalue weighted by atomic mass is 79.9.